The van der Waals surface area contributed by atoms with Crippen LogP contribution in [0, 0.1) is 22.7 Å². The summed E-state index contributed by atoms with van der Waals surface area (Å²) in [5.74, 6) is 0. The van der Waals surface area contributed by atoms with Crippen molar-refractivity contribution in [1.29, 1.82) is 10.5 Å². The molecule has 2 aromatic rings. The fraction of sp³-hybridized carbons (Fsp3) is 0.529. The molecular weight excluding hydrogens is 402 g/mol. The zero-order valence-electron chi connectivity index (χ0n) is 14.9. The van der Waals surface area contributed by atoms with Gasteiger partial charge in [0, 0.05) is 39.3 Å². The van der Waals surface area contributed by atoms with Crippen molar-refractivity contribution in [3.05, 3.63) is 22.1 Å². The van der Waals surface area contributed by atoms with Crippen LogP contribution in [0.2, 0.25) is 0 Å². The number of anilines is 2. The first-order valence-electron chi connectivity index (χ1n) is 8.72. The van der Waals surface area contributed by atoms with Gasteiger partial charge in [0.05, 0.1) is 12.4 Å². The second-order valence-electron chi connectivity index (χ2n) is 6.02. The average molecular weight is 424 g/mol. The monoisotopic (exact) mass is 423 g/mol. The predicted octanol–water partition coefficient (Wildman–Crippen LogP) is 2.85. The molecule has 2 aliphatic heterocycles. The molecule has 0 bridgehead atoms. The van der Waals surface area contributed by atoms with Gasteiger partial charge in [-0.3, -0.25) is 0 Å². The van der Waals surface area contributed by atoms with Crippen LogP contribution in [0.5, 0.6) is 0 Å². The molecule has 144 valence electrons. The predicted molar refractivity (Wildman–Crippen MR) is 112 cm³/mol. The average Bonchev–Trinajstić information content (AvgIpc) is 3.39. The van der Waals surface area contributed by atoms with Gasteiger partial charge >= 0.3 is 0 Å². The Morgan fingerprint density at radius 2 is 1.30 bits per heavy atom. The van der Waals surface area contributed by atoms with Crippen molar-refractivity contribution in [1.82, 2.24) is 15.3 Å². The third-order valence-electron chi connectivity index (χ3n) is 4.22. The molecule has 2 saturated heterocycles. The molecule has 2 aromatic heterocycles. The number of halogens is 1. The van der Waals surface area contributed by atoms with Gasteiger partial charge < -0.3 is 15.1 Å². The molecule has 0 aliphatic carbocycles. The minimum atomic E-state index is 0. The molecule has 1 N–H and O–H groups in total. The summed E-state index contributed by atoms with van der Waals surface area (Å²) in [4.78, 5) is 14.3. The van der Waals surface area contributed by atoms with Crippen molar-refractivity contribution in [3.63, 3.8) is 0 Å². The Labute approximate surface area is 173 Å². The van der Waals surface area contributed by atoms with Crippen LogP contribution in [-0.4, -0.2) is 49.2 Å². The van der Waals surface area contributed by atoms with Gasteiger partial charge in [-0.1, -0.05) is 22.7 Å². The molecule has 27 heavy (non-hydrogen) atoms. The van der Waals surface area contributed by atoms with Crippen LogP contribution in [0.25, 0.3) is 0 Å². The molecule has 0 unspecified atom stereocenters. The van der Waals surface area contributed by atoms with Crippen LogP contribution in [0.3, 0.4) is 0 Å². The smallest absolute Gasteiger partial charge is 0.186 e. The van der Waals surface area contributed by atoms with Gasteiger partial charge in [0.1, 0.15) is 21.9 Å². The Bertz CT molecular complexity index is 714. The van der Waals surface area contributed by atoms with E-state index < -0.39 is 0 Å². The summed E-state index contributed by atoms with van der Waals surface area (Å²) >= 11 is 2.96. The molecule has 2 aliphatic rings. The zero-order valence-corrected chi connectivity index (χ0v) is 17.4. The van der Waals surface area contributed by atoms with Crippen molar-refractivity contribution in [3.8, 4) is 12.1 Å². The van der Waals surface area contributed by atoms with E-state index in [2.05, 4.69) is 37.2 Å². The van der Waals surface area contributed by atoms with Crippen molar-refractivity contribution in [2.75, 3.05) is 49.1 Å². The molecule has 0 amide bonds. The Morgan fingerprint density at radius 3 is 1.74 bits per heavy atom. The van der Waals surface area contributed by atoms with Crippen LogP contribution in [0.15, 0.2) is 12.4 Å². The third-order valence-corrected chi connectivity index (χ3v) is 6.15. The summed E-state index contributed by atoms with van der Waals surface area (Å²) in [6.45, 7) is 6.16. The molecule has 0 radical (unpaired) electrons. The van der Waals surface area contributed by atoms with Gasteiger partial charge in [-0.15, -0.1) is 12.4 Å². The largest absolute Gasteiger partial charge is 0.348 e. The summed E-state index contributed by atoms with van der Waals surface area (Å²) in [5, 5.41) is 22.5. The normalized spacial score (nSPS) is 16.4. The molecule has 0 atom stereocenters. The lowest BCUT2D eigenvalue weighted by Crippen LogP contribution is -2.43. The van der Waals surface area contributed by atoms with Gasteiger partial charge in [0.25, 0.3) is 0 Å². The topological polar surface area (TPSA) is 91.9 Å². The van der Waals surface area contributed by atoms with Crippen LogP contribution >= 0.6 is 35.1 Å². The van der Waals surface area contributed by atoms with E-state index in [-0.39, 0.29) is 12.4 Å². The number of rotatable bonds is 2. The Hall–Kier alpha value is -1.91. The highest BCUT2D eigenvalue weighted by molar-refractivity contribution is 7.16. The number of thiazole rings is 2. The Kier molecular flexibility index (Phi) is 8.76. The van der Waals surface area contributed by atoms with Gasteiger partial charge in [-0.05, 0) is 19.3 Å². The number of aromatic nitrogens is 2. The van der Waals surface area contributed by atoms with E-state index in [0.717, 1.165) is 49.5 Å². The van der Waals surface area contributed by atoms with Crippen molar-refractivity contribution in [2.45, 2.75) is 19.3 Å². The summed E-state index contributed by atoms with van der Waals surface area (Å²) in [6.07, 6.45) is 7.13. The SMILES string of the molecule is Cl.N#Cc1cnc(N2CCCCC2)s1.N#Cc1cnc(N2CCNCC2)s1. The second kappa shape index (κ2) is 11.1. The minimum absolute atomic E-state index is 0. The van der Waals surface area contributed by atoms with Crippen LogP contribution in [0.1, 0.15) is 29.0 Å². The lowest BCUT2D eigenvalue weighted by Gasteiger charge is -2.26. The quantitative estimate of drug-likeness (QED) is 0.793. The summed E-state index contributed by atoms with van der Waals surface area (Å²) < 4.78 is 0. The maximum absolute atomic E-state index is 8.65. The highest BCUT2D eigenvalue weighted by Crippen LogP contribution is 2.24. The molecule has 10 heteroatoms. The first-order chi connectivity index (χ1) is 12.8. The molecule has 4 heterocycles. The van der Waals surface area contributed by atoms with Crippen LogP contribution in [0.4, 0.5) is 10.3 Å². The van der Waals surface area contributed by atoms with Crippen molar-refractivity contribution in [2.24, 2.45) is 0 Å². The molecular formula is C17H22ClN7S2. The second-order valence-corrected chi connectivity index (χ2v) is 8.04. The fourth-order valence-electron chi connectivity index (χ4n) is 2.87. The lowest BCUT2D eigenvalue weighted by molar-refractivity contribution is 0.577. The molecule has 7 nitrogen and oxygen atoms in total. The Balaban J connectivity index is 0.000000187. The van der Waals surface area contributed by atoms with Crippen LogP contribution in [-0.2, 0) is 0 Å². The molecule has 0 spiro atoms. The summed E-state index contributed by atoms with van der Waals surface area (Å²) in [5.41, 5.74) is 0. The highest BCUT2D eigenvalue weighted by Gasteiger charge is 2.14. The molecule has 0 aromatic carbocycles. The number of nitrogens with zero attached hydrogens (tertiary/aromatic N) is 6. The lowest BCUT2D eigenvalue weighted by atomic mass is 10.1. The van der Waals surface area contributed by atoms with E-state index in [4.69, 9.17) is 10.5 Å². The standard InChI is InChI=1S/C9H11N3S.C8H10N4S.ClH/c10-6-8-7-11-9(13-8)12-4-2-1-3-5-12;9-5-7-6-11-8(13-7)12-3-1-10-2-4-12;/h7H,1-5H2;6,10H,1-4H2;1H. The van der Waals surface area contributed by atoms with Gasteiger partial charge in [-0.25, -0.2) is 9.97 Å². The van der Waals surface area contributed by atoms with E-state index in [9.17, 15) is 0 Å². The number of hydrogen-bond acceptors (Lipinski definition) is 9. The number of piperidine rings is 1. The van der Waals surface area contributed by atoms with E-state index in [0.29, 0.717) is 9.75 Å². The minimum Gasteiger partial charge on any atom is -0.348 e. The van der Waals surface area contributed by atoms with Crippen LogP contribution < -0.4 is 15.1 Å². The maximum atomic E-state index is 8.65. The number of hydrogen-bond donors (Lipinski definition) is 1. The number of nitrogens with one attached hydrogen (secondary N) is 1. The zero-order chi connectivity index (χ0) is 18.2. The van der Waals surface area contributed by atoms with Gasteiger partial charge in [0.15, 0.2) is 10.3 Å². The van der Waals surface area contributed by atoms with Gasteiger partial charge in [-0.2, -0.15) is 10.5 Å². The molecule has 4 rings (SSSR count). The highest BCUT2D eigenvalue weighted by atomic mass is 35.5. The number of nitriles is 2. The van der Waals surface area contributed by atoms with E-state index in [1.54, 1.807) is 12.4 Å². The molecule has 2 fully saturated rings. The third kappa shape index (κ3) is 6.05. The first-order valence-corrected chi connectivity index (χ1v) is 10.4. The Morgan fingerprint density at radius 1 is 0.815 bits per heavy atom. The van der Waals surface area contributed by atoms with E-state index >= 15 is 0 Å². The van der Waals surface area contributed by atoms with Crippen molar-refractivity contribution >= 4 is 45.3 Å². The van der Waals surface area contributed by atoms with Crippen molar-refractivity contribution < 1.29 is 0 Å². The number of piperazine rings is 1. The molecule has 0 saturated carbocycles. The fourth-order valence-corrected chi connectivity index (χ4v) is 4.40. The maximum Gasteiger partial charge on any atom is 0.186 e. The van der Waals surface area contributed by atoms with E-state index in [1.807, 2.05) is 0 Å². The van der Waals surface area contributed by atoms with Gasteiger partial charge in [0.2, 0.25) is 0 Å². The first kappa shape index (κ1) is 21.4. The summed E-state index contributed by atoms with van der Waals surface area (Å²) in [7, 11) is 0. The van der Waals surface area contributed by atoms with E-state index in [1.165, 1.54) is 41.9 Å². The summed E-state index contributed by atoms with van der Waals surface area (Å²) in [6, 6.07) is 4.22.